The lowest BCUT2D eigenvalue weighted by Gasteiger charge is -2.08. The van der Waals surface area contributed by atoms with Crippen LogP contribution in [0.4, 0.5) is 0 Å². The van der Waals surface area contributed by atoms with Gasteiger partial charge < -0.3 is 19.9 Å². The molecule has 0 atom stereocenters. The SMILES string of the molecule is CN(C)CCCOCc1cc(CN)no1. The van der Waals surface area contributed by atoms with E-state index in [1.807, 2.05) is 20.2 Å². The van der Waals surface area contributed by atoms with Gasteiger partial charge in [-0.2, -0.15) is 0 Å². The van der Waals surface area contributed by atoms with Crippen LogP contribution in [0.5, 0.6) is 0 Å². The van der Waals surface area contributed by atoms with Crippen molar-refractivity contribution in [2.45, 2.75) is 19.6 Å². The maximum absolute atomic E-state index is 5.43. The maximum Gasteiger partial charge on any atom is 0.162 e. The molecule has 1 aromatic heterocycles. The Labute approximate surface area is 90.2 Å². The lowest BCUT2D eigenvalue weighted by Crippen LogP contribution is -2.14. The minimum atomic E-state index is 0.407. The predicted octanol–water partition coefficient (Wildman–Crippen LogP) is 0.602. The van der Waals surface area contributed by atoms with Crippen LogP contribution in [0.2, 0.25) is 0 Å². The third-order valence-corrected chi connectivity index (χ3v) is 1.96. The molecule has 0 amide bonds. The van der Waals surface area contributed by atoms with Gasteiger partial charge in [-0.05, 0) is 27.1 Å². The van der Waals surface area contributed by atoms with E-state index in [4.69, 9.17) is 15.0 Å². The molecule has 5 heteroatoms. The maximum atomic E-state index is 5.43. The molecule has 0 aliphatic heterocycles. The monoisotopic (exact) mass is 213 g/mol. The molecule has 5 nitrogen and oxygen atoms in total. The third-order valence-electron chi connectivity index (χ3n) is 1.96. The molecule has 0 spiro atoms. The summed E-state index contributed by atoms with van der Waals surface area (Å²) in [7, 11) is 4.09. The van der Waals surface area contributed by atoms with Gasteiger partial charge in [-0.3, -0.25) is 0 Å². The Bertz CT molecular complexity index is 273. The molecule has 1 rings (SSSR count). The average molecular weight is 213 g/mol. The van der Waals surface area contributed by atoms with Crippen LogP contribution >= 0.6 is 0 Å². The largest absolute Gasteiger partial charge is 0.373 e. The van der Waals surface area contributed by atoms with Crippen LogP contribution in [0, 0.1) is 0 Å². The van der Waals surface area contributed by atoms with Crippen LogP contribution < -0.4 is 5.73 Å². The van der Waals surface area contributed by atoms with E-state index in [9.17, 15) is 0 Å². The Morgan fingerprint density at radius 1 is 1.53 bits per heavy atom. The van der Waals surface area contributed by atoms with E-state index < -0.39 is 0 Å². The summed E-state index contributed by atoms with van der Waals surface area (Å²) in [6.07, 6.45) is 1.02. The summed E-state index contributed by atoms with van der Waals surface area (Å²) in [4.78, 5) is 2.13. The second-order valence-corrected chi connectivity index (χ2v) is 3.70. The smallest absolute Gasteiger partial charge is 0.162 e. The molecule has 0 fully saturated rings. The van der Waals surface area contributed by atoms with Crippen LogP contribution in [0.1, 0.15) is 17.9 Å². The summed E-state index contributed by atoms with van der Waals surface area (Å²) >= 11 is 0. The summed E-state index contributed by atoms with van der Waals surface area (Å²) in [6, 6.07) is 1.83. The lowest BCUT2D eigenvalue weighted by molar-refractivity contribution is 0.0948. The Hall–Kier alpha value is -0.910. The van der Waals surface area contributed by atoms with E-state index in [1.54, 1.807) is 0 Å². The fourth-order valence-electron chi connectivity index (χ4n) is 1.18. The Morgan fingerprint density at radius 2 is 2.33 bits per heavy atom. The second kappa shape index (κ2) is 6.55. The second-order valence-electron chi connectivity index (χ2n) is 3.70. The first-order chi connectivity index (χ1) is 7.22. The number of nitrogens with zero attached hydrogens (tertiary/aromatic N) is 2. The highest BCUT2D eigenvalue weighted by Gasteiger charge is 2.02. The van der Waals surface area contributed by atoms with E-state index in [1.165, 1.54) is 0 Å². The molecule has 0 aromatic carbocycles. The van der Waals surface area contributed by atoms with Crippen LogP contribution in [-0.4, -0.2) is 37.3 Å². The quantitative estimate of drug-likeness (QED) is 0.672. The van der Waals surface area contributed by atoms with Gasteiger partial charge in [-0.15, -0.1) is 0 Å². The minimum Gasteiger partial charge on any atom is -0.373 e. The van der Waals surface area contributed by atoms with Crippen LogP contribution in [-0.2, 0) is 17.9 Å². The van der Waals surface area contributed by atoms with E-state index >= 15 is 0 Å². The number of nitrogens with two attached hydrogens (primary N) is 1. The molecule has 0 radical (unpaired) electrons. The van der Waals surface area contributed by atoms with Crippen LogP contribution in [0.25, 0.3) is 0 Å². The number of ether oxygens (including phenoxy) is 1. The summed E-state index contributed by atoms with van der Waals surface area (Å²) in [5.74, 6) is 0.736. The standard InChI is InChI=1S/C10H19N3O2/c1-13(2)4-3-5-14-8-10-6-9(7-11)12-15-10/h6H,3-5,7-8,11H2,1-2H3. The number of hydrogen-bond donors (Lipinski definition) is 1. The van der Waals surface area contributed by atoms with E-state index in [2.05, 4.69) is 10.1 Å². The van der Waals surface area contributed by atoms with Gasteiger partial charge in [-0.1, -0.05) is 5.16 Å². The molecular formula is C10H19N3O2. The molecule has 0 saturated heterocycles. The molecule has 1 aromatic rings. The van der Waals surface area contributed by atoms with Crippen molar-refractivity contribution in [2.24, 2.45) is 5.73 Å². The van der Waals surface area contributed by atoms with E-state index in [0.29, 0.717) is 13.2 Å². The zero-order valence-electron chi connectivity index (χ0n) is 9.40. The highest BCUT2D eigenvalue weighted by atomic mass is 16.5. The average Bonchev–Trinajstić information content (AvgIpc) is 2.65. The molecule has 0 aliphatic rings. The normalized spacial score (nSPS) is 11.2. The van der Waals surface area contributed by atoms with Crippen molar-refractivity contribution < 1.29 is 9.26 Å². The molecule has 1 heterocycles. The van der Waals surface area contributed by atoms with Gasteiger partial charge >= 0.3 is 0 Å². The lowest BCUT2D eigenvalue weighted by atomic mass is 10.4. The first-order valence-electron chi connectivity index (χ1n) is 5.09. The van der Waals surface area contributed by atoms with Gasteiger partial charge in [0, 0.05) is 19.2 Å². The van der Waals surface area contributed by atoms with Gasteiger partial charge in [0.25, 0.3) is 0 Å². The number of rotatable bonds is 7. The van der Waals surface area contributed by atoms with Crippen molar-refractivity contribution in [3.63, 3.8) is 0 Å². The van der Waals surface area contributed by atoms with Crippen molar-refractivity contribution in [3.05, 3.63) is 17.5 Å². The molecule has 2 N–H and O–H groups in total. The molecule has 15 heavy (non-hydrogen) atoms. The molecule has 0 saturated carbocycles. The van der Waals surface area contributed by atoms with E-state index in [0.717, 1.165) is 31.0 Å². The van der Waals surface area contributed by atoms with Crippen molar-refractivity contribution in [1.29, 1.82) is 0 Å². The molecule has 0 bridgehead atoms. The fourth-order valence-corrected chi connectivity index (χ4v) is 1.18. The van der Waals surface area contributed by atoms with Gasteiger partial charge in [0.05, 0.1) is 5.69 Å². The summed E-state index contributed by atoms with van der Waals surface area (Å²) in [6.45, 7) is 2.64. The van der Waals surface area contributed by atoms with Gasteiger partial charge in [-0.25, -0.2) is 0 Å². The Kier molecular flexibility index (Phi) is 5.31. The van der Waals surface area contributed by atoms with Crippen molar-refractivity contribution >= 4 is 0 Å². The summed E-state index contributed by atoms with van der Waals surface area (Å²) in [5, 5.41) is 3.77. The molecular weight excluding hydrogens is 194 g/mol. The molecule has 0 aliphatic carbocycles. The zero-order chi connectivity index (χ0) is 11.1. The number of aromatic nitrogens is 1. The minimum absolute atomic E-state index is 0.407. The molecule has 0 unspecified atom stereocenters. The van der Waals surface area contributed by atoms with Crippen molar-refractivity contribution in [2.75, 3.05) is 27.2 Å². The summed E-state index contributed by atoms with van der Waals surface area (Å²) < 4.78 is 10.4. The first-order valence-corrected chi connectivity index (χ1v) is 5.09. The Balaban J connectivity index is 2.09. The topological polar surface area (TPSA) is 64.5 Å². The number of hydrogen-bond acceptors (Lipinski definition) is 5. The van der Waals surface area contributed by atoms with Crippen LogP contribution in [0.15, 0.2) is 10.6 Å². The first kappa shape index (κ1) is 12.2. The van der Waals surface area contributed by atoms with Crippen molar-refractivity contribution in [3.8, 4) is 0 Å². The third kappa shape index (κ3) is 4.92. The van der Waals surface area contributed by atoms with Gasteiger partial charge in [0.1, 0.15) is 6.61 Å². The fraction of sp³-hybridized carbons (Fsp3) is 0.700. The predicted molar refractivity (Wildman–Crippen MR) is 57.2 cm³/mol. The summed E-state index contributed by atoms with van der Waals surface area (Å²) in [5.41, 5.74) is 6.17. The highest BCUT2D eigenvalue weighted by molar-refractivity contribution is 5.03. The Morgan fingerprint density at radius 3 is 2.93 bits per heavy atom. The van der Waals surface area contributed by atoms with E-state index in [-0.39, 0.29) is 0 Å². The highest BCUT2D eigenvalue weighted by Crippen LogP contribution is 2.04. The van der Waals surface area contributed by atoms with Crippen LogP contribution in [0.3, 0.4) is 0 Å². The van der Waals surface area contributed by atoms with Crippen molar-refractivity contribution in [1.82, 2.24) is 10.1 Å². The molecule has 86 valence electrons. The zero-order valence-corrected chi connectivity index (χ0v) is 9.40. The van der Waals surface area contributed by atoms with Gasteiger partial charge in [0.2, 0.25) is 0 Å². The van der Waals surface area contributed by atoms with Gasteiger partial charge in [0.15, 0.2) is 5.76 Å².